The van der Waals surface area contributed by atoms with Crippen LogP contribution in [0, 0.1) is 0 Å². The third-order valence-corrected chi connectivity index (χ3v) is 5.66. The summed E-state index contributed by atoms with van der Waals surface area (Å²) in [4.78, 5) is 10.2. The van der Waals surface area contributed by atoms with Crippen molar-refractivity contribution in [2.75, 3.05) is 39.8 Å². The number of hydrogen-bond donors (Lipinski definition) is 3. The molecule has 1 aliphatic heterocycles. The van der Waals surface area contributed by atoms with Crippen LogP contribution in [0.15, 0.2) is 29.4 Å². The number of piperidine rings is 1. The molecule has 3 rings (SSSR count). The van der Waals surface area contributed by atoms with Crippen LogP contribution in [-0.4, -0.2) is 67.8 Å². The number of H-pyrrole nitrogens is 1. The van der Waals surface area contributed by atoms with Crippen LogP contribution in [0.3, 0.4) is 0 Å². The predicted octanol–water partition coefficient (Wildman–Crippen LogP) is 3.42. The lowest BCUT2D eigenvalue weighted by Gasteiger charge is -2.33. The van der Waals surface area contributed by atoms with E-state index in [4.69, 9.17) is 16.3 Å². The topological polar surface area (TPSA) is 64.7 Å². The lowest BCUT2D eigenvalue weighted by atomic mass is 10.1. The van der Waals surface area contributed by atoms with Gasteiger partial charge >= 0.3 is 0 Å². The molecule has 0 radical (unpaired) electrons. The first kappa shape index (κ1) is 21.9. The zero-order valence-electron chi connectivity index (χ0n) is 17.8. The molecule has 0 bridgehead atoms. The van der Waals surface area contributed by atoms with Crippen molar-refractivity contribution in [3.05, 3.63) is 35.0 Å². The summed E-state index contributed by atoms with van der Waals surface area (Å²) in [6.07, 6.45) is 5.55. The Hall–Kier alpha value is -1.76. The van der Waals surface area contributed by atoms with Gasteiger partial charge in [0.2, 0.25) is 0 Å². The Labute approximate surface area is 179 Å². The standard InChI is InChI=1S/C22H34ClN5O/c1-16(2)29-13-12-28-10-7-19(8-11-28)27-22(24-3)25-9-6-17-15-26-21-5-4-18(23)14-20(17)21/h4-5,14-16,19,26H,6-13H2,1-3H3,(H2,24,25,27). The lowest BCUT2D eigenvalue weighted by molar-refractivity contribution is 0.0532. The van der Waals surface area contributed by atoms with Gasteiger partial charge in [0.15, 0.2) is 5.96 Å². The molecule has 0 saturated carbocycles. The van der Waals surface area contributed by atoms with Crippen LogP contribution < -0.4 is 10.6 Å². The van der Waals surface area contributed by atoms with Crippen LogP contribution in [-0.2, 0) is 11.2 Å². The van der Waals surface area contributed by atoms with Crippen molar-refractivity contribution in [3.8, 4) is 0 Å². The van der Waals surface area contributed by atoms with Gasteiger partial charge in [-0.25, -0.2) is 0 Å². The van der Waals surface area contributed by atoms with Crippen LogP contribution in [0.2, 0.25) is 5.02 Å². The molecular weight excluding hydrogens is 386 g/mol. The number of halogens is 1. The summed E-state index contributed by atoms with van der Waals surface area (Å²) >= 11 is 6.15. The zero-order chi connectivity index (χ0) is 20.6. The molecule has 2 heterocycles. The highest BCUT2D eigenvalue weighted by molar-refractivity contribution is 6.31. The Kier molecular flexibility index (Phi) is 8.21. The smallest absolute Gasteiger partial charge is 0.191 e. The number of nitrogens with zero attached hydrogens (tertiary/aromatic N) is 2. The second-order valence-corrected chi connectivity index (χ2v) is 8.37. The van der Waals surface area contributed by atoms with Crippen molar-refractivity contribution < 1.29 is 4.74 Å². The van der Waals surface area contributed by atoms with Crippen molar-refractivity contribution in [2.45, 2.75) is 45.3 Å². The van der Waals surface area contributed by atoms with Crippen LogP contribution in [0.5, 0.6) is 0 Å². The molecule has 6 nitrogen and oxygen atoms in total. The minimum atomic E-state index is 0.310. The van der Waals surface area contributed by atoms with Crippen molar-refractivity contribution in [1.82, 2.24) is 20.5 Å². The average Bonchev–Trinajstić information content (AvgIpc) is 3.10. The number of aromatic nitrogens is 1. The molecule has 0 amide bonds. The van der Waals surface area contributed by atoms with E-state index < -0.39 is 0 Å². The Morgan fingerprint density at radius 3 is 2.86 bits per heavy atom. The first-order valence-corrected chi connectivity index (χ1v) is 11.0. The Morgan fingerprint density at radius 2 is 2.14 bits per heavy atom. The lowest BCUT2D eigenvalue weighted by Crippen LogP contribution is -2.49. The van der Waals surface area contributed by atoms with Gasteiger partial charge in [0.05, 0.1) is 12.7 Å². The van der Waals surface area contributed by atoms with Gasteiger partial charge in [-0.1, -0.05) is 11.6 Å². The van der Waals surface area contributed by atoms with E-state index in [0.29, 0.717) is 12.1 Å². The number of likely N-dealkylation sites (tertiary alicyclic amines) is 1. The highest BCUT2D eigenvalue weighted by Crippen LogP contribution is 2.22. The molecule has 29 heavy (non-hydrogen) atoms. The molecule has 1 aromatic heterocycles. The molecular formula is C22H34ClN5O. The fourth-order valence-electron chi connectivity index (χ4n) is 3.78. The maximum atomic E-state index is 6.15. The summed E-state index contributed by atoms with van der Waals surface area (Å²) in [7, 11) is 1.83. The summed E-state index contributed by atoms with van der Waals surface area (Å²) in [6.45, 7) is 9.04. The van der Waals surface area contributed by atoms with Crippen molar-refractivity contribution in [3.63, 3.8) is 0 Å². The maximum Gasteiger partial charge on any atom is 0.191 e. The molecule has 0 aliphatic carbocycles. The second-order valence-electron chi connectivity index (χ2n) is 7.93. The minimum absolute atomic E-state index is 0.310. The quantitative estimate of drug-likeness (QED) is 0.453. The molecule has 2 aromatic rings. The number of ether oxygens (including phenoxy) is 1. The molecule has 1 aromatic carbocycles. The van der Waals surface area contributed by atoms with E-state index in [1.807, 2.05) is 25.2 Å². The predicted molar refractivity (Wildman–Crippen MR) is 122 cm³/mol. The molecule has 1 aliphatic rings. The van der Waals surface area contributed by atoms with E-state index in [1.54, 1.807) is 0 Å². The summed E-state index contributed by atoms with van der Waals surface area (Å²) in [5, 5.41) is 8.99. The Morgan fingerprint density at radius 1 is 1.34 bits per heavy atom. The van der Waals surface area contributed by atoms with Gasteiger partial charge in [-0.15, -0.1) is 0 Å². The van der Waals surface area contributed by atoms with Crippen LogP contribution in [0.25, 0.3) is 10.9 Å². The van der Waals surface area contributed by atoms with Crippen molar-refractivity contribution >= 4 is 28.5 Å². The molecule has 3 N–H and O–H groups in total. The molecule has 1 saturated heterocycles. The SMILES string of the molecule is CN=C(NCCc1c[nH]c2ccc(Cl)cc12)NC1CCN(CCOC(C)C)CC1. The largest absolute Gasteiger partial charge is 0.377 e. The first-order chi connectivity index (χ1) is 14.0. The highest BCUT2D eigenvalue weighted by Gasteiger charge is 2.19. The molecule has 7 heteroatoms. The van der Waals surface area contributed by atoms with E-state index in [-0.39, 0.29) is 0 Å². The number of nitrogens with one attached hydrogen (secondary N) is 3. The zero-order valence-corrected chi connectivity index (χ0v) is 18.6. The number of aliphatic imine (C=N–C) groups is 1. The van der Waals surface area contributed by atoms with Gasteiger partial charge in [-0.3, -0.25) is 4.99 Å². The Balaban J connectivity index is 1.39. The normalized spacial score (nSPS) is 16.7. The highest BCUT2D eigenvalue weighted by atomic mass is 35.5. The third kappa shape index (κ3) is 6.63. The summed E-state index contributed by atoms with van der Waals surface area (Å²) in [5.41, 5.74) is 2.39. The summed E-state index contributed by atoms with van der Waals surface area (Å²) in [5.74, 6) is 0.879. The number of benzene rings is 1. The van der Waals surface area contributed by atoms with E-state index in [9.17, 15) is 0 Å². The molecule has 0 spiro atoms. The fourth-order valence-corrected chi connectivity index (χ4v) is 3.95. The van der Waals surface area contributed by atoms with Gasteiger partial charge in [0.25, 0.3) is 0 Å². The van der Waals surface area contributed by atoms with E-state index >= 15 is 0 Å². The number of fused-ring (bicyclic) bond motifs is 1. The minimum Gasteiger partial charge on any atom is -0.377 e. The Bertz CT molecular complexity index is 796. The monoisotopic (exact) mass is 419 g/mol. The van der Waals surface area contributed by atoms with Crippen molar-refractivity contribution in [1.29, 1.82) is 0 Å². The van der Waals surface area contributed by atoms with Gasteiger partial charge < -0.3 is 25.3 Å². The maximum absolute atomic E-state index is 6.15. The number of rotatable bonds is 8. The fraction of sp³-hybridized carbons (Fsp3) is 0.591. The summed E-state index contributed by atoms with van der Waals surface area (Å²) in [6, 6.07) is 6.43. The average molecular weight is 420 g/mol. The number of guanidine groups is 1. The van der Waals surface area contributed by atoms with E-state index in [1.165, 1.54) is 10.9 Å². The van der Waals surface area contributed by atoms with Gasteiger partial charge in [-0.2, -0.15) is 0 Å². The van der Waals surface area contributed by atoms with E-state index in [0.717, 1.165) is 68.5 Å². The molecule has 0 atom stereocenters. The van der Waals surface area contributed by atoms with E-state index in [2.05, 4.69) is 45.6 Å². The second kappa shape index (κ2) is 10.9. The summed E-state index contributed by atoms with van der Waals surface area (Å²) < 4.78 is 5.67. The number of hydrogen-bond acceptors (Lipinski definition) is 3. The third-order valence-electron chi connectivity index (χ3n) is 5.43. The van der Waals surface area contributed by atoms with Crippen molar-refractivity contribution in [2.24, 2.45) is 4.99 Å². The first-order valence-electron chi connectivity index (χ1n) is 10.6. The van der Waals surface area contributed by atoms with Gasteiger partial charge in [0, 0.05) is 61.4 Å². The van der Waals surface area contributed by atoms with Crippen LogP contribution in [0.4, 0.5) is 0 Å². The molecule has 1 fully saturated rings. The molecule has 160 valence electrons. The van der Waals surface area contributed by atoms with Crippen LogP contribution >= 0.6 is 11.6 Å². The molecule has 0 unspecified atom stereocenters. The van der Waals surface area contributed by atoms with Gasteiger partial charge in [-0.05, 0) is 56.9 Å². The van der Waals surface area contributed by atoms with Crippen LogP contribution in [0.1, 0.15) is 32.3 Å². The van der Waals surface area contributed by atoms with Gasteiger partial charge in [0.1, 0.15) is 0 Å². The number of aromatic amines is 1.